The van der Waals surface area contributed by atoms with E-state index in [0.717, 1.165) is 31.2 Å². The highest BCUT2D eigenvalue weighted by Crippen LogP contribution is 2.15. The van der Waals surface area contributed by atoms with Gasteiger partial charge in [0.1, 0.15) is 0 Å². The number of carbonyl (C=O) groups excluding carboxylic acids is 1. The van der Waals surface area contributed by atoms with Gasteiger partial charge in [-0.3, -0.25) is 4.79 Å². The first-order valence-corrected chi connectivity index (χ1v) is 6.54. The molecule has 0 radical (unpaired) electrons. The molecule has 1 rings (SSSR count). The third-order valence-corrected chi connectivity index (χ3v) is 2.89. The molecule has 0 fully saturated rings. The molecule has 0 aliphatic rings. The van der Waals surface area contributed by atoms with E-state index >= 15 is 0 Å². The van der Waals surface area contributed by atoms with Crippen LogP contribution < -0.4 is 16.8 Å². The molecule has 4 nitrogen and oxygen atoms in total. The number of anilines is 2. The highest BCUT2D eigenvalue weighted by Gasteiger charge is 2.02. The van der Waals surface area contributed by atoms with Crippen molar-refractivity contribution in [2.24, 2.45) is 0 Å². The van der Waals surface area contributed by atoms with Gasteiger partial charge in [0.15, 0.2) is 0 Å². The maximum atomic E-state index is 11.5. The molecule has 4 heteroatoms. The third kappa shape index (κ3) is 5.08. The molecule has 1 amide bonds. The summed E-state index contributed by atoms with van der Waals surface area (Å²) in [6, 6.07) is 5.49. The van der Waals surface area contributed by atoms with Crippen molar-refractivity contribution in [1.29, 1.82) is 0 Å². The van der Waals surface area contributed by atoms with Crippen LogP contribution in [-0.4, -0.2) is 12.5 Å². The second kappa shape index (κ2) is 7.58. The molecular formula is C14H23N3O. The summed E-state index contributed by atoms with van der Waals surface area (Å²) >= 11 is 0. The van der Waals surface area contributed by atoms with E-state index in [1.165, 1.54) is 0 Å². The quantitative estimate of drug-likeness (QED) is 0.511. The lowest BCUT2D eigenvalue weighted by atomic mass is 10.1. The Hall–Kier alpha value is -1.71. The zero-order valence-corrected chi connectivity index (χ0v) is 11.0. The third-order valence-electron chi connectivity index (χ3n) is 2.89. The minimum Gasteiger partial charge on any atom is -0.399 e. The van der Waals surface area contributed by atoms with Gasteiger partial charge >= 0.3 is 0 Å². The first-order valence-electron chi connectivity index (χ1n) is 6.54. The fraction of sp³-hybridized carbons (Fsp3) is 0.500. The van der Waals surface area contributed by atoms with E-state index in [-0.39, 0.29) is 5.91 Å². The van der Waals surface area contributed by atoms with Gasteiger partial charge in [-0.1, -0.05) is 25.8 Å². The standard InChI is InChI=1S/C14H23N3O/c1-2-3-4-5-14(18)17-9-8-11-6-7-12(15)10-13(11)16/h6-7,10H,2-5,8-9,15-16H2,1H3,(H,17,18). The molecule has 0 heterocycles. The molecule has 0 spiro atoms. The number of rotatable bonds is 7. The van der Waals surface area contributed by atoms with Crippen LogP contribution in [0, 0.1) is 0 Å². The summed E-state index contributed by atoms with van der Waals surface area (Å²) in [5.41, 5.74) is 13.8. The summed E-state index contributed by atoms with van der Waals surface area (Å²) in [6.45, 7) is 2.75. The number of nitrogen functional groups attached to an aromatic ring is 2. The van der Waals surface area contributed by atoms with E-state index in [1.54, 1.807) is 6.07 Å². The second-order valence-corrected chi connectivity index (χ2v) is 4.52. The summed E-state index contributed by atoms with van der Waals surface area (Å²) in [5, 5.41) is 2.91. The van der Waals surface area contributed by atoms with Crippen LogP contribution in [0.4, 0.5) is 11.4 Å². The van der Waals surface area contributed by atoms with Gasteiger partial charge in [0, 0.05) is 24.3 Å². The van der Waals surface area contributed by atoms with Crippen LogP contribution >= 0.6 is 0 Å². The minimum absolute atomic E-state index is 0.123. The normalized spacial score (nSPS) is 10.3. The molecule has 0 atom stereocenters. The monoisotopic (exact) mass is 249 g/mol. The highest BCUT2D eigenvalue weighted by atomic mass is 16.1. The molecule has 1 aromatic carbocycles. The van der Waals surface area contributed by atoms with Gasteiger partial charge in [-0.2, -0.15) is 0 Å². The van der Waals surface area contributed by atoms with Gasteiger partial charge in [-0.05, 0) is 30.5 Å². The van der Waals surface area contributed by atoms with Crippen LogP contribution in [-0.2, 0) is 11.2 Å². The lowest BCUT2D eigenvalue weighted by Gasteiger charge is -2.08. The van der Waals surface area contributed by atoms with Crippen LogP contribution in [0.25, 0.3) is 0 Å². The highest BCUT2D eigenvalue weighted by molar-refractivity contribution is 5.75. The van der Waals surface area contributed by atoms with Gasteiger partial charge in [0.2, 0.25) is 5.91 Å². The van der Waals surface area contributed by atoms with Crippen LogP contribution in [0.5, 0.6) is 0 Å². The van der Waals surface area contributed by atoms with Crippen molar-refractivity contribution < 1.29 is 4.79 Å². The molecule has 0 aromatic heterocycles. The number of carbonyl (C=O) groups is 1. The Morgan fingerprint density at radius 2 is 2.06 bits per heavy atom. The lowest BCUT2D eigenvalue weighted by molar-refractivity contribution is -0.121. The first-order chi connectivity index (χ1) is 8.63. The van der Waals surface area contributed by atoms with E-state index in [2.05, 4.69) is 12.2 Å². The summed E-state index contributed by atoms with van der Waals surface area (Å²) in [5.74, 6) is 0.123. The largest absolute Gasteiger partial charge is 0.399 e. The molecule has 18 heavy (non-hydrogen) atoms. The van der Waals surface area contributed by atoms with Crippen molar-refractivity contribution in [3.05, 3.63) is 23.8 Å². The van der Waals surface area contributed by atoms with E-state index in [0.29, 0.717) is 24.3 Å². The molecule has 0 saturated carbocycles. The van der Waals surface area contributed by atoms with Crippen LogP contribution in [0.2, 0.25) is 0 Å². The van der Waals surface area contributed by atoms with E-state index in [4.69, 9.17) is 11.5 Å². The molecule has 0 bridgehead atoms. The maximum Gasteiger partial charge on any atom is 0.220 e. The number of nitrogens with one attached hydrogen (secondary N) is 1. The van der Waals surface area contributed by atoms with Crippen molar-refractivity contribution in [2.45, 2.75) is 39.0 Å². The van der Waals surface area contributed by atoms with E-state index in [9.17, 15) is 4.79 Å². The molecule has 0 aliphatic carbocycles. The topological polar surface area (TPSA) is 81.1 Å². The zero-order chi connectivity index (χ0) is 13.4. The number of hydrogen-bond donors (Lipinski definition) is 3. The van der Waals surface area contributed by atoms with E-state index in [1.807, 2.05) is 12.1 Å². The van der Waals surface area contributed by atoms with Gasteiger partial charge in [0.25, 0.3) is 0 Å². The molecule has 100 valence electrons. The number of amides is 1. The Labute approximate surface area is 109 Å². The SMILES string of the molecule is CCCCCC(=O)NCCc1ccc(N)cc1N. The lowest BCUT2D eigenvalue weighted by Crippen LogP contribution is -2.25. The van der Waals surface area contributed by atoms with Crippen LogP contribution in [0.3, 0.4) is 0 Å². The van der Waals surface area contributed by atoms with Gasteiger partial charge in [0.05, 0.1) is 0 Å². The minimum atomic E-state index is 0.123. The second-order valence-electron chi connectivity index (χ2n) is 4.52. The summed E-state index contributed by atoms with van der Waals surface area (Å²) in [4.78, 5) is 11.5. The fourth-order valence-corrected chi connectivity index (χ4v) is 1.80. The number of nitrogens with two attached hydrogens (primary N) is 2. The summed E-state index contributed by atoms with van der Waals surface area (Å²) in [6.07, 6.45) is 4.57. The molecular weight excluding hydrogens is 226 g/mol. The van der Waals surface area contributed by atoms with Crippen LogP contribution in [0.1, 0.15) is 38.2 Å². The molecule has 0 aliphatic heterocycles. The summed E-state index contributed by atoms with van der Waals surface area (Å²) in [7, 11) is 0. The average Bonchev–Trinajstić information content (AvgIpc) is 2.32. The molecule has 1 aromatic rings. The van der Waals surface area contributed by atoms with E-state index < -0.39 is 0 Å². The number of unbranched alkanes of at least 4 members (excludes halogenated alkanes) is 2. The Balaban J connectivity index is 2.26. The van der Waals surface area contributed by atoms with Crippen molar-refractivity contribution in [3.8, 4) is 0 Å². The Bertz CT molecular complexity index is 391. The Morgan fingerprint density at radius 1 is 1.28 bits per heavy atom. The first kappa shape index (κ1) is 14.4. The van der Waals surface area contributed by atoms with Crippen molar-refractivity contribution in [3.63, 3.8) is 0 Å². The van der Waals surface area contributed by atoms with Crippen LogP contribution in [0.15, 0.2) is 18.2 Å². The smallest absolute Gasteiger partial charge is 0.220 e. The fourth-order valence-electron chi connectivity index (χ4n) is 1.80. The van der Waals surface area contributed by atoms with Crippen molar-refractivity contribution in [2.75, 3.05) is 18.0 Å². The predicted molar refractivity (Wildman–Crippen MR) is 76.1 cm³/mol. The van der Waals surface area contributed by atoms with Gasteiger partial charge in [-0.15, -0.1) is 0 Å². The number of benzene rings is 1. The molecule has 0 unspecified atom stereocenters. The maximum absolute atomic E-state index is 11.5. The van der Waals surface area contributed by atoms with Gasteiger partial charge < -0.3 is 16.8 Å². The molecule has 5 N–H and O–H groups in total. The average molecular weight is 249 g/mol. The predicted octanol–water partition coefficient (Wildman–Crippen LogP) is 2.09. The van der Waals surface area contributed by atoms with Crippen molar-refractivity contribution >= 4 is 17.3 Å². The summed E-state index contributed by atoms with van der Waals surface area (Å²) < 4.78 is 0. The molecule has 0 saturated heterocycles. The van der Waals surface area contributed by atoms with Crippen molar-refractivity contribution in [1.82, 2.24) is 5.32 Å². The Morgan fingerprint density at radius 3 is 2.72 bits per heavy atom. The Kier molecular flexibility index (Phi) is 6.05. The zero-order valence-electron chi connectivity index (χ0n) is 11.0. The number of hydrogen-bond acceptors (Lipinski definition) is 3. The van der Waals surface area contributed by atoms with Gasteiger partial charge in [-0.25, -0.2) is 0 Å².